The third kappa shape index (κ3) is 5.75. The molecule has 1 saturated heterocycles. The minimum absolute atomic E-state index is 0. The second-order valence-corrected chi connectivity index (χ2v) is 8.62. The second-order valence-electron chi connectivity index (χ2n) is 6.63. The number of ether oxygens (including phenoxy) is 1. The van der Waals surface area contributed by atoms with Gasteiger partial charge in [-0.1, -0.05) is 5.16 Å². The van der Waals surface area contributed by atoms with Crippen molar-refractivity contribution in [2.75, 3.05) is 30.0 Å². The number of carbonyl (C=O) groups excluding carboxylic acids is 4. The SMILES string of the molecule is CC(=O)OCC1=C(C(=O)O)N2C(=O)C(NC(=O)/C=N/OC(=O)N(C)c3csc(N)n3)C2SC1.Cl. The van der Waals surface area contributed by atoms with Crippen molar-refractivity contribution in [1.82, 2.24) is 15.2 Å². The van der Waals surface area contributed by atoms with Gasteiger partial charge in [0, 0.05) is 30.7 Å². The van der Waals surface area contributed by atoms with Crippen molar-refractivity contribution in [2.45, 2.75) is 18.3 Å². The van der Waals surface area contributed by atoms with Crippen molar-refractivity contribution in [3.05, 3.63) is 16.7 Å². The van der Waals surface area contributed by atoms with E-state index in [1.807, 2.05) is 0 Å². The number of nitrogens with two attached hydrogens (primary N) is 1. The van der Waals surface area contributed by atoms with Crippen LogP contribution >= 0.6 is 35.5 Å². The number of rotatable bonds is 7. The van der Waals surface area contributed by atoms with Crippen LogP contribution in [0.1, 0.15) is 6.92 Å². The molecule has 0 aliphatic carbocycles. The lowest BCUT2D eigenvalue weighted by Crippen LogP contribution is -2.70. The number of β-lactam (4-membered cyclic amide) rings is 1. The maximum Gasteiger partial charge on any atom is 0.441 e. The standard InChI is InChI=1S/C17H18N6O8S2.ClH/c1-7(24)30-4-8-5-32-14-11(13(26)23(14)12(8)15(27)28)21-10(25)3-19-31-17(29)22(2)9-6-33-16(18)20-9;/h3,6,11,14H,4-5H2,1-2H3,(H2,18,20)(H,21,25)(H,27,28);1H/b19-3+;. The number of amides is 3. The van der Waals surface area contributed by atoms with Gasteiger partial charge in [-0.25, -0.2) is 14.6 Å². The van der Waals surface area contributed by atoms with E-state index in [2.05, 4.69) is 20.3 Å². The Hall–Kier alpha value is -3.37. The number of carboxylic acids is 1. The van der Waals surface area contributed by atoms with Crippen LogP contribution in [0, 0.1) is 0 Å². The van der Waals surface area contributed by atoms with Gasteiger partial charge in [-0.05, 0) is 0 Å². The van der Waals surface area contributed by atoms with Gasteiger partial charge in [0.05, 0.1) is 0 Å². The summed E-state index contributed by atoms with van der Waals surface area (Å²) in [5.41, 5.74) is 5.50. The van der Waals surface area contributed by atoms with E-state index in [1.54, 1.807) is 0 Å². The van der Waals surface area contributed by atoms with Gasteiger partial charge in [-0.3, -0.25) is 29.0 Å². The summed E-state index contributed by atoms with van der Waals surface area (Å²) in [5, 5.41) is 16.3. The average Bonchev–Trinajstić information content (AvgIpc) is 3.20. The summed E-state index contributed by atoms with van der Waals surface area (Å²) in [6.45, 7) is 0.934. The summed E-state index contributed by atoms with van der Waals surface area (Å²) in [7, 11) is 1.37. The second kappa shape index (κ2) is 11.2. The molecule has 3 rings (SSSR count). The lowest BCUT2D eigenvalue weighted by Gasteiger charge is -2.49. The highest BCUT2D eigenvalue weighted by atomic mass is 35.5. The quantitative estimate of drug-likeness (QED) is 0.140. The molecule has 17 heteroatoms. The minimum atomic E-state index is -1.35. The highest BCUT2D eigenvalue weighted by Gasteiger charge is 2.54. The molecule has 184 valence electrons. The Kier molecular flexibility index (Phi) is 8.83. The number of aromatic nitrogens is 1. The third-order valence-corrected chi connectivity index (χ3v) is 6.43. The molecule has 0 spiro atoms. The Morgan fingerprint density at radius 3 is 2.74 bits per heavy atom. The Morgan fingerprint density at radius 2 is 2.15 bits per heavy atom. The number of carbonyl (C=O) groups is 5. The summed E-state index contributed by atoms with van der Waals surface area (Å²) in [5.74, 6) is -2.97. The van der Waals surface area contributed by atoms with Gasteiger partial charge >= 0.3 is 18.0 Å². The van der Waals surface area contributed by atoms with Crippen molar-refractivity contribution >= 4 is 82.5 Å². The van der Waals surface area contributed by atoms with Crippen LogP contribution in [0.2, 0.25) is 0 Å². The molecule has 4 N–H and O–H groups in total. The van der Waals surface area contributed by atoms with E-state index >= 15 is 0 Å². The van der Waals surface area contributed by atoms with E-state index in [1.165, 1.54) is 31.1 Å². The maximum absolute atomic E-state index is 12.5. The molecule has 0 bridgehead atoms. The number of hydrogen-bond donors (Lipinski definition) is 3. The van der Waals surface area contributed by atoms with Crippen molar-refractivity contribution in [1.29, 1.82) is 0 Å². The summed E-state index contributed by atoms with van der Waals surface area (Å²) < 4.78 is 4.85. The Morgan fingerprint density at radius 1 is 1.44 bits per heavy atom. The predicted molar refractivity (Wildman–Crippen MR) is 123 cm³/mol. The molecule has 1 aromatic rings. The van der Waals surface area contributed by atoms with Crippen LogP contribution in [0.3, 0.4) is 0 Å². The van der Waals surface area contributed by atoms with Crippen molar-refractivity contribution in [3.63, 3.8) is 0 Å². The summed E-state index contributed by atoms with van der Waals surface area (Å²) >= 11 is 2.33. The Balaban J connectivity index is 0.00000408. The fourth-order valence-corrected chi connectivity index (χ4v) is 4.79. The molecule has 2 aliphatic heterocycles. The molecular formula is C17H19ClN6O8S2. The predicted octanol–water partition coefficient (Wildman–Crippen LogP) is 0.00740. The van der Waals surface area contributed by atoms with Crippen LogP contribution in [-0.4, -0.2) is 81.9 Å². The van der Waals surface area contributed by atoms with Gasteiger partial charge in [0.2, 0.25) is 0 Å². The molecule has 1 aromatic heterocycles. The number of thioether (sulfide) groups is 1. The van der Waals surface area contributed by atoms with Crippen LogP contribution in [0.25, 0.3) is 0 Å². The zero-order chi connectivity index (χ0) is 24.3. The first kappa shape index (κ1) is 26.9. The molecule has 14 nitrogen and oxygen atoms in total. The van der Waals surface area contributed by atoms with Crippen LogP contribution in [0.15, 0.2) is 21.8 Å². The van der Waals surface area contributed by atoms with Crippen molar-refractivity contribution in [2.24, 2.45) is 5.16 Å². The maximum atomic E-state index is 12.5. The van der Waals surface area contributed by atoms with E-state index in [0.717, 1.165) is 21.1 Å². The molecule has 2 atom stereocenters. The van der Waals surface area contributed by atoms with Gasteiger partial charge < -0.3 is 20.9 Å². The fourth-order valence-electron chi connectivity index (χ4n) is 2.88. The van der Waals surface area contributed by atoms with E-state index < -0.39 is 41.3 Å². The molecule has 2 aliphatic rings. The van der Waals surface area contributed by atoms with Gasteiger partial charge in [0.1, 0.15) is 29.9 Å². The van der Waals surface area contributed by atoms with Gasteiger partial charge in [0.15, 0.2) is 10.9 Å². The first-order chi connectivity index (χ1) is 15.6. The number of nitrogens with zero attached hydrogens (tertiary/aromatic N) is 4. The van der Waals surface area contributed by atoms with Crippen LogP contribution < -0.4 is 16.0 Å². The van der Waals surface area contributed by atoms with Crippen LogP contribution in [0.4, 0.5) is 15.7 Å². The monoisotopic (exact) mass is 534 g/mol. The summed E-state index contributed by atoms with van der Waals surface area (Å²) in [6.07, 6.45) is -0.250. The van der Waals surface area contributed by atoms with Crippen LogP contribution in [-0.2, 0) is 28.8 Å². The topological polar surface area (TPSA) is 194 Å². The number of anilines is 2. The summed E-state index contributed by atoms with van der Waals surface area (Å²) in [6, 6.07) is -1.00. The molecule has 0 radical (unpaired) electrons. The van der Waals surface area contributed by atoms with E-state index in [9.17, 15) is 29.1 Å². The van der Waals surface area contributed by atoms with E-state index in [4.69, 9.17) is 10.5 Å². The first-order valence-electron chi connectivity index (χ1n) is 9.13. The Bertz CT molecular complexity index is 1080. The molecule has 3 amide bonds. The first-order valence-corrected chi connectivity index (χ1v) is 11.1. The van der Waals surface area contributed by atoms with Crippen molar-refractivity contribution in [3.8, 4) is 0 Å². The highest BCUT2D eigenvalue weighted by Crippen LogP contribution is 2.40. The molecule has 34 heavy (non-hydrogen) atoms. The molecule has 3 heterocycles. The smallest absolute Gasteiger partial charge is 0.441 e. The number of hydrogen-bond acceptors (Lipinski definition) is 12. The number of fused-ring (bicyclic) bond motifs is 1. The average molecular weight is 535 g/mol. The van der Waals surface area contributed by atoms with E-state index in [-0.39, 0.29) is 47.0 Å². The number of aliphatic carboxylic acids is 1. The number of halogens is 1. The molecule has 1 fully saturated rings. The minimum Gasteiger partial charge on any atom is -0.477 e. The zero-order valence-corrected chi connectivity index (χ0v) is 20.1. The lowest BCUT2D eigenvalue weighted by atomic mass is 10.0. The number of nitrogens with one attached hydrogen (secondary N) is 1. The van der Waals surface area contributed by atoms with Crippen molar-refractivity contribution < 1.29 is 38.7 Å². The van der Waals surface area contributed by atoms with E-state index in [0.29, 0.717) is 6.21 Å². The number of carboxylic acid groups (broad SMARTS) is 1. The zero-order valence-electron chi connectivity index (χ0n) is 17.6. The molecule has 0 saturated carbocycles. The van der Waals surface area contributed by atoms with Gasteiger partial charge in [0.25, 0.3) is 11.8 Å². The molecule has 2 unspecified atom stereocenters. The number of thiazole rings is 1. The third-order valence-electron chi connectivity index (χ3n) is 4.43. The molecular weight excluding hydrogens is 516 g/mol. The fraction of sp³-hybridized carbons (Fsp3) is 0.353. The number of nitrogen functional groups attached to an aromatic ring is 1. The highest BCUT2D eigenvalue weighted by molar-refractivity contribution is 8.00. The van der Waals surface area contributed by atoms with Crippen LogP contribution in [0.5, 0.6) is 0 Å². The van der Waals surface area contributed by atoms with Gasteiger partial charge in [-0.15, -0.1) is 35.5 Å². The van der Waals surface area contributed by atoms with Gasteiger partial charge in [-0.2, -0.15) is 0 Å². The lowest BCUT2D eigenvalue weighted by molar-refractivity contribution is -0.150. The number of oxime groups is 1. The normalized spacial score (nSPS) is 19.0. The number of esters is 1. The molecule has 0 aromatic carbocycles. The summed E-state index contributed by atoms with van der Waals surface area (Å²) in [4.78, 5) is 69.8. The largest absolute Gasteiger partial charge is 0.477 e. The Labute approximate surface area is 206 Å².